The van der Waals surface area contributed by atoms with E-state index in [1.807, 2.05) is 11.6 Å². The number of nitrogen functional groups attached to an aromatic ring is 1. The summed E-state index contributed by atoms with van der Waals surface area (Å²) < 4.78 is 7.71. The maximum Gasteiger partial charge on any atom is 0.222 e. The van der Waals surface area contributed by atoms with E-state index in [0.717, 1.165) is 80.2 Å². The Bertz CT molecular complexity index is 1190. The summed E-state index contributed by atoms with van der Waals surface area (Å²) in [6.07, 6.45) is 2.52. The van der Waals surface area contributed by atoms with Crippen molar-refractivity contribution in [2.45, 2.75) is 52.2 Å². The van der Waals surface area contributed by atoms with Crippen molar-refractivity contribution in [3.8, 4) is 5.75 Å². The van der Waals surface area contributed by atoms with Crippen LogP contribution >= 0.6 is 0 Å². The standard InChI is InChI=1S/C27H42N8O3/c1-4-5-22(8-14-36)29-26-25-24(30-27(28)31-26)19(2)32-35(25)18-21-7-6-20(16-23(21)38-3)17-34-11-9-33(10-12-34)13-15-37/h6-7,16,22,36-37H,4-5,8-15,17-18H2,1-3H3,(H3,28,29,30,31)/t22-/m0/s1. The van der Waals surface area contributed by atoms with Crippen LogP contribution in [0, 0.1) is 6.92 Å². The Morgan fingerprint density at radius 1 is 1.05 bits per heavy atom. The highest BCUT2D eigenvalue weighted by atomic mass is 16.5. The SMILES string of the molecule is CCC[C@@H](CCO)Nc1nc(N)nc2c(C)nn(Cc3ccc(CN4CCN(CCO)CC4)cc3OC)c12. The largest absolute Gasteiger partial charge is 0.496 e. The Kier molecular flexibility index (Phi) is 9.73. The number of aliphatic hydroxyl groups is 2. The fourth-order valence-corrected chi connectivity index (χ4v) is 5.20. The van der Waals surface area contributed by atoms with Crippen LogP contribution in [0.15, 0.2) is 18.2 Å². The number of aromatic nitrogens is 4. The quantitative estimate of drug-likeness (QED) is 0.261. The molecule has 1 saturated heterocycles. The van der Waals surface area contributed by atoms with Gasteiger partial charge >= 0.3 is 0 Å². The van der Waals surface area contributed by atoms with E-state index in [-0.39, 0.29) is 25.2 Å². The van der Waals surface area contributed by atoms with Gasteiger partial charge in [-0.15, -0.1) is 0 Å². The summed E-state index contributed by atoms with van der Waals surface area (Å²) in [5.74, 6) is 1.65. The molecular formula is C27H42N8O3. The lowest BCUT2D eigenvalue weighted by Crippen LogP contribution is -2.46. The fraction of sp³-hybridized carbons (Fsp3) is 0.593. The van der Waals surface area contributed by atoms with Crippen LogP contribution in [0.5, 0.6) is 5.75 Å². The van der Waals surface area contributed by atoms with Crippen molar-refractivity contribution < 1.29 is 14.9 Å². The number of hydrogen-bond donors (Lipinski definition) is 4. The summed E-state index contributed by atoms with van der Waals surface area (Å²) in [5, 5.41) is 27.0. The van der Waals surface area contributed by atoms with Crippen LogP contribution in [0.3, 0.4) is 0 Å². The van der Waals surface area contributed by atoms with Crippen LogP contribution in [0.1, 0.15) is 43.0 Å². The molecule has 5 N–H and O–H groups in total. The first-order valence-corrected chi connectivity index (χ1v) is 13.5. The molecule has 1 atom stereocenters. The first-order valence-electron chi connectivity index (χ1n) is 13.5. The number of rotatable bonds is 13. The molecule has 38 heavy (non-hydrogen) atoms. The minimum Gasteiger partial charge on any atom is -0.496 e. The summed E-state index contributed by atoms with van der Waals surface area (Å²) in [6, 6.07) is 6.45. The van der Waals surface area contributed by atoms with Crippen molar-refractivity contribution in [1.82, 2.24) is 29.5 Å². The van der Waals surface area contributed by atoms with Gasteiger partial charge in [-0.3, -0.25) is 14.5 Å². The highest BCUT2D eigenvalue weighted by molar-refractivity contribution is 5.88. The number of nitrogens with one attached hydrogen (secondary N) is 1. The van der Waals surface area contributed by atoms with Crippen molar-refractivity contribution in [1.29, 1.82) is 0 Å². The summed E-state index contributed by atoms with van der Waals surface area (Å²) >= 11 is 0. The van der Waals surface area contributed by atoms with Crippen LogP contribution in [-0.2, 0) is 13.1 Å². The number of anilines is 2. The number of fused-ring (bicyclic) bond motifs is 1. The monoisotopic (exact) mass is 526 g/mol. The Labute approximate surface area is 224 Å². The topological polar surface area (TPSA) is 138 Å². The lowest BCUT2D eigenvalue weighted by Gasteiger charge is -2.34. The van der Waals surface area contributed by atoms with Gasteiger partial charge in [0, 0.05) is 57.5 Å². The first kappa shape index (κ1) is 28.0. The van der Waals surface area contributed by atoms with E-state index in [4.69, 9.17) is 15.6 Å². The van der Waals surface area contributed by atoms with E-state index in [9.17, 15) is 10.2 Å². The maximum absolute atomic E-state index is 9.54. The van der Waals surface area contributed by atoms with E-state index >= 15 is 0 Å². The molecule has 1 aliphatic rings. The second-order valence-electron chi connectivity index (χ2n) is 10.0. The number of hydrogen-bond acceptors (Lipinski definition) is 10. The number of piperazine rings is 1. The molecule has 11 nitrogen and oxygen atoms in total. The number of benzene rings is 1. The smallest absolute Gasteiger partial charge is 0.222 e. The van der Waals surface area contributed by atoms with Gasteiger partial charge in [-0.2, -0.15) is 10.1 Å². The molecule has 0 amide bonds. The van der Waals surface area contributed by atoms with E-state index in [1.165, 1.54) is 5.56 Å². The average molecular weight is 527 g/mol. The number of nitrogens with zero attached hydrogens (tertiary/aromatic N) is 6. The second kappa shape index (κ2) is 13.2. The fourth-order valence-electron chi connectivity index (χ4n) is 5.20. The number of β-amino-alcohol motifs (C(OH)–C–C–N with tert-alkyl or cyclic N) is 1. The van der Waals surface area contributed by atoms with Gasteiger partial charge in [-0.1, -0.05) is 25.5 Å². The summed E-state index contributed by atoms with van der Waals surface area (Å²) in [4.78, 5) is 13.7. The number of methoxy groups -OCH3 is 1. The van der Waals surface area contributed by atoms with Gasteiger partial charge in [0.1, 0.15) is 16.8 Å². The van der Waals surface area contributed by atoms with Gasteiger partial charge in [0.05, 0.1) is 26.0 Å². The Morgan fingerprint density at radius 3 is 2.50 bits per heavy atom. The summed E-state index contributed by atoms with van der Waals surface area (Å²) in [6.45, 7) is 10.4. The van der Waals surface area contributed by atoms with Gasteiger partial charge < -0.3 is 26.0 Å². The molecular weight excluding hydrogens is 484 g/mol. The third kappa shape index (κ3) is 6.71. The number of aliphatic hydroxyl groups excluding tert-OH is 2. The van der Waals surface area contributed by atoms with Gasteiger partial charge in [0.15, 0.2) is 5.82 Å². The average Bonchev–Trinajstić information content (AvgIpc) is 3.21. The van der Waals surface area contributed by atoms with Crippen LogP contribution in [0.4, 0.5) is 11.8 Å². The van der Waals surface area contributed by atoms with Crippen molar-refractivity contribution in [2.75, 3.05) is 64.1 Å². The molecule has 11 heteroatoms. The Balaban J connectivity index is 1.56. The Morgan fingerprint density at radius 2 is 1.82 bits per heavy atom. The van der Waals surface area contributed by atoms with E-state index in [2.05, 4.69) is 50.2 Å². The highest BCUT2D eigenvalue weighted by Crippen LogP contribution is 2.29. The number of nitrogens with two attached hydrogens (primary N) is 1. The van der Waals surface area contributed by atoms with Crippen LogP contribution in [0.2, 0.25) is 0 Å². The molecule has 1 aliphatic heterocycles. The van der Waals surface area contributed by atoms with Gasteiger partial charge in [0.2, 0.25) is 5.95 Å². The summed E-state index contributed by atoms with van der Waals surface area (Å²) in [7, 11) is 1.70. The minimum atomic E-state index is 0.0745. The van der Waals surface area contributed by atoms with E-state index in [0.29, 0.717) is 18.8 Å². The predicted octanol–water partition coefficient (Wildman–Crippen LogP) is 1.85. The van der Waals surface area contributed by atoms with Crippen molar-refractivity contribution >= 4 is 22.8 Å². The number of ether oxygens (including phenoxy) is 1. The third-order valence-electron chi connectivity index (χ3n) is 7.19. The van der Waals surface area contributed by atoms with Gasteiger partial charge in [0.25, 0.3) is 0 Å². The van der Waals surface area contributed by atoms with Gasteiger partial charge in [-0.05, 0) is 31.4 Å². The molecule has 3 heterocycles. The van der Waals surface area contributed by atoms with Crippen LogP contribution < -0.4 is 15.8 Å². The van der Waals surface area contributed by atoms with Crippen molar-refractivity contribution in [3.63, 3.8) is 0 Å². The zero-order valence-electron chi connectivity index (χ0n) is 22.9. The molecule has 1 aromatic carbocycles. The maximum atomic E-state index is 9.54. The predicted molar refractivity (Wildman–Crippen MR) is 149 cm³/mol. The highest BCUT2D eigenvalue weighted by Gasteiger charge is 2.21. The molecule has 0 spiro atoms. The summed E-state index contributed by atoms with van der Waals surface area (Å²) in [5.41, 5.74) is 10.6. The molecule has 1 fully saturated rings. The number of aryl methyl sites for hydroxylation is 1. The molecule has 0 unspecified atom stereocenters. The molecule has 0 saturated carbocycles. The first-order chi connectivity index (χ1) is 18.4. The molecule has 4 rings (SSSR count). The Hall–Kier alpha value is -2.99. The van der Waals surface area contributed by atoms with E-state index < -0.39 is 0 Å². The third-order valence-corrected chi connectivity index (χ3v) is 7.19. The zero-order chi connectivity index (χ0) is 27.1. The van der Waals surface area contributed by atoms with Crippen molar-refractivity contribution in [3.05, 3.63) is 35.0 Å². The second-order valence-corrected chi connectivity index (χ2v) is 10.0. The molecule has 208 valence electrons. The van der Waals surface area contributed by atoms with Crippen molar-refractivity contribution in [2.24, 2.45) is 0 Å². The van der Waals surface area contributed by atoms with E-state index in [1.54, 1.807) is 7.11 Å². The molecule has 3 aromatic rings. The molecule has 0 aliphatic carbocycles. The molecule has 0 bridgehead atoms. The molecule has 0 radical (unpaired) electrons. The van der Waals surface area contributed by atoms with Crippen LogP contribution in [-0.4, -0.2) is 98.9 Å². The lowest BCUT2D eigenvalue weighted by atomic mass is 10.1. The molecule has 2 aromatic heterocycles. The normalized spacial score (nSPS) is 15.7. The lowest BCUT2D eigenvalue weighted by molar-refractivity contribution is 0.108. The minimum absolute atomic E-state index is 0.0745. The van der Waals surface area contributed by atoms with Gasteiger partial charge in [-0.25, -0.2) is 4.98 Å². The zero-order valence-corrected chi connectivity index (χ0v) is 22.9. The van der Waals surface area contributed by atoms with Crippen LogP contribution in [0.25, 0.3) is 11.0 Å².